The van der Waals surface area contributed by atoms with E-state index < -0.39 is 11.8 Å². The highest BCUT2D eigenvalue weighted by molar-refractivity contribution is 6.02. The minimum atomic E-state index is -2.32. The monoisotopic (exact) mass is 568 g/mol. The molecule has 0 spiro atoms. The lowest BCUT2D eigenvalue weighted by Gasteiger charge is -2.53. The lowest BCUT2D eigenvalue weighted by molar-refractivity contribution is -0.111. The van der Waals surface area contributed by atoms with E-state index in [1.54, 1.807) is 13.2 Å². The standard InChI is InChI=1S/C29H38F2N8O2/c1-6-24(40)34-20-15-21(23(41-5)16-22(20)39(4)14-13-38(2)3)35-27-33-18-19(17-32)25(36-27)37-29-10-7-28(8-11-29,9-12-29)26(30)31/h6,15-16,18,26H,1,7-14H2,2-5H3,(H,34,40)(H2,33,35,36,37). The van der Waals surface area contributed by atoms with Crippen molar-refractivity contribution in [1.29, 1.82) is 5.26 Å². The van der Waals surface area contributed by atoms with Gasteiger partial charge < -0.3 is 30.5 Å². The molecule has 0 aliphatic heterocycles. The summed E-state index contributed by atoms with van der Waals surface area (Å²) in [7, 11) is 7.45. The number of aromatic nitrogens is 2. The van der Waals surface area contributed by atoms with E-state index in [0.29, 0.717) is 68.0 Å². The van der Waals surface area contributed by atoms with E-state index in [0.717, 1.165) is 12.2 Å². The summed E-state index contributed by atoms with van der Waals surface area (Å²) < 4.78 is 33.1. The molecule has 0 radical (unpaired) electrons. The van der Waals surface area contributed by atoms with E-state index >= 15 is 0 Å². The first-order valence-corrected chi connectivity index (χ1v) is 13.7. The summed E-state index contributed by atoms with van der Waals surface area (Å²) in [6.45, 7) is 5.05. The highest BCUT2D eigenvalue weighted by atomic mass is 19.3. The molecule has 3 saturated carbocycles. The molecule has 1 amide bonds. The van der Waals surface area contributed by atoms with Gasteiger partial charge in [-0.2, -0.15) is 10.2 Å². The Morgan fingerprint density at radius 2 is 1.85 bits per heavy atom. The number of fused-ring (bicyclic) bond motifs is 3. The van der Waals surface area contributed by atoms with Crippen molar-refractivity contribution >= 4 is 34.7 Å². The van der Waals surface area contributed by atoms with Gasteiger partial charge >= 0.3 is 0 Å². The number of nitriles is 1. The van der Waals surface area contributed by atoms with Gasteiger partial charge in [0.25, 0.3) is 0 Å². The molecule has 10 nitrogen and oxygen atoms in total. The van der Waals surface area contributed by atoms with Gasteiger partial charge in [-0.25, -0.2) is 13.8 Å². The van der Waals surface area contributed by atoms with Crippen LogP contribution in [0.5, 0.6) is 5.75 Å². The number of benzene rings is 1. The molecular formula is C29H38F2N8O2. The number of carbonyl (C=O) groups is 1. The summed E-state index contributed by atoms with van der Waals surface area (Å²) in [5.41, 5.74) is 0.791. The van der Waals surface area contributed by atoms with Crippen LogP contribution >= 0.6 is 0 Å². The van der Waals surface area contributed by atoms with Crippen LogP contribution in [0.3, 0.4) is 0 Å². The first-order valence-electron chi connectivity index (χ1n) is 13.7. The maximum atomic E-state index is 13.7. The summed E-state index contributed by atoms with van der Waals surface area (Å²) in [5, 5.41) is 19.2. The fourth-order valence-corrected chi connectivity index (χ4v) is 5.63. The van der Waals surface area contributed by atoms with Crippen molar-refractivity contribution < 1.29 is 18.3 Å². The molecule has 2 aromatic rings. The number of halogens is 2. The van der Waals surface area contributed by atoms with Gasteiger partial charge in [0.15, 0.2) is 0 Å². The molecule has 2 bridgehead atoms. The van der Waals surface area contributed by atoms with Crippen LogP contribution in [0.4, 0.5) is 37.6 Å². The highest BCUT2D eigenvalue weighted by Crippen LogP contribution is 2.56. The molecule has 12 heteroatoms. The van der Waals surface area contributed by atoms with Crippen molar-refractivity contribution in [3.63, 3.8) is 0 Å². The first-order chi connectivity index (χ1) is 19.5. The number of hydrogen-bond donors (Lipinski definition) is 3. The average Bonchev–Trinajstić information content (AvgIpc) is 2.96. The molecular weight excluding hydrogens is 530 g/mol. The van der Waals surface area contributed by atoms with Crippen molar-refractivity contribution in [3.8, 4) is 11.8 Å². The zero-order valence-electron chi connectivity index (χ0n) is 24.1. The quantitative estimate of drug-likeness (QED) is 0.304. The molecule has 3 N–H and O–H groups in total. The van der Waals surface area contributed by atoms with Crippen LogP contribution in [0.15, 0.2) is 31.0 Å². The molecule has 5 rings (SSSR count). The van der Waals surface area contributed by atoms with Crippen LogP contribution in [-0.2, 0) is 4.79 Å². The smallest absolute Gasteiger partial charge is 0.247 e. The van der Waals surface area contributed by atoms with Crippen LogP contribution in [-0.4, -0.2) is 74.1 Å². The fraction of sp³-hybridized carbons (Fsp3) is 0.517. The zero-order valence-corrected chi connectivity index (χ0v) is 24.1. The number of likely N-dealkylation sites (N-methyl/N-ethyl adjacent to an activating group) is 2. The van der Waals surface area contributed by atoms with Gasteiger partial charge in [0, 0.05) is 37.2 Å². The maximum Gasteiger partial charge on any atom is 0.247 e. The molecule has 0 atom stereocenters. The Labute approximate surface area is 239 Å². The van der Waals surface area contributed by atoms with Crippen LogP contribution in [0.2, 0.25) is 0 Å². The third kappa shape index (κ3) is 6.51. The molecule has 220 valence electrons. The Bertz CT molecular complexity index is 1300. The maximum absolute atomic E-state index is 13.7. The Kier molecular flexibility index (Phi) is 8.97. The number of nitrogens with zero attached hydrogens (tertiary/aromatic N) is 5. The first kappa shape index (κ1) is 30.0. The third-order valence-electron chi connectivity index (χ3n) is 8.36. The van der Waals surface area contributed by atoms with Gasteiger partial charge in [-0.3, -0.25) is 4.79 Å². The number of ether oxygens (including phenoxy) is 1. The molecule has 1 aromatic heterocycles. The van der Waals surface area contributed by atoms with E-state index in [2.05, 4.69) is 43.5 Å². The average molecular weight is 569 g/mol. The SMILES string of the molecule is C=CC(=O)Nc1cc(Nc2ncc(C#N)c(NC34CCC(C(F)F)(CC3)CC4)n2)c(OC)cc1N(C)CCN(C)C. The van der Waals surface area contributed by atoms with Crippen LogP contribution in [0.1, 0.15) is 44.1 Å². The van der Waals surface area contributed by atoms with Gasteiger partial charge in [-0.05, 0) is 64.8 Å². The van der Waals surface area contributed by atoms with Crippen LogP contribution in [0.25, 0.3) is 0 Å². The normalized spacial score (nSPS) is 21.3. The number of amides is 1. The Morgan fingerprint density at radius 3 is 2.41 bits per heavy atom. The number of nitrogens with one attached hydrogen (secondary N) is 3. The van der Waals surface area contributed by atoms with Crippen LogP contribution in [0, 0.1) is 16.7 Å². The molecule has 0 saturated heterocycles. The van der Waals surface area contributed by atoms with E-state index in [1.807, 2.05) is 32.1 Å². The molecule has 3 aliphatic rings. The number of anilines is 5. The van der Waals surface area contributed by atoms with E-state index in [4.69, 9.17) is 4.74 Å². The largest absolute Gasteiger partial charge is 0.494 e. The van der Waals surface area contributed by atoms with Crippen molar-refractivity contribution in [2.24, 2.45) is 5.41 Å². The van der Waals surface area contributed by atoms with Gasteiger partial charge in [-0.15, -0.1) is 0 Å². The second-order valence-electron chi connectivity index (χ2n) is 11.2. The van der Waals surface area contributed by atoms with Gasteiger partial charge in [-0.1, -0.05) is 6.58 Å². The van der Waals surface area contributed by atoms with Crippen LogP contribution < -0.4 is 25.6 Å². The summed E-state index contributed by atoms with van der Waals surface area (Å²) in [6.07, 6.45) is 3.43. The Morgan fingerprint density at radius 1 is 1.17 bits per heavy atom. The number of rotatable bonds is 12. The Balaban J connectivity index is 1.62. The summed E-state index contributed by atoms with van der Waals surface area (Å²) in [5.74, 6) is 0.705. The summed E-state index contributed by atoms with van der Waals surface area (Å²) in [4.78, 5) is 25.3. The van der Waals surface area contributed by atoms with Gasteiger partial charge in [0.1, 0.15) is 23.2 Å². The molecule has 41 heavy (non-hydrogen) atoms. The lowest BCUT2D eigenvalue weighted by atomic mass is 9.57. The molecule has 3 aliphatic carbocycles. The van der Waals surface area contributed by atoms with E-state index in [9.17, 15) is 18.8 Å². The summed E-state index contributed by atoms with van der Waals surface area (Å²) in [6, 6.07) is 5.68. The van der Waals surface area contributed by atoms with E-state index in [-0.39, 0.29) is 23.0 Å². The lowest BCUT2D eigenvalue weighted by Crippen LogP contribution is -2.53. The van der Waals surface area contributed by atoms with Crippen molar-refractivity contribution in [2.75, 3.05) is 62.2 Å². The molecule has 0 unspecified atom stereocenters. The second kappa shape index (κ2) is 12.3. The van der Waals surface area contributed by atoms with Crippen molar-refractivity contribution in [3.05, 3.63) is 36.5 Å². The summed E-state index contributed by atoms with van der Waals surface area (Å²) >= 11 is 0. The van der Waals surface area contributed by atoms with Gasteiger partial charge in [0.05, 0.1) is 30.4 Å². The number of methoxy groups -OCH3 is 1. The third-order valence-corrected chi connectivity index (χ3v) is 8.36. The predicted molar refractivity (Wildman–Crippen MR) is 156 cm³/mol. The minimum Gasteiger partial charge on any atom is -0.494 e. The van der Waals surface area contributed by atoms with Gasteiger partial charge in [0.2, 0.25) is 18.3 Å². The molecule has 1 heterocycles. The van der Waals surface area contributed by atoms with E-state index in [1.165, 1.54) is 12.3 Å². The number of carbonyl (C=O) groups excluding carboxylic acids is 1. The fourth-order valence-electron chi connectivity index (χ4n) is 5.63. The topological polar surface area (TPSA) is 118 Å². The number of alkyl halides is 2. The van der Waals surface area contributed by atoms with Crippen molar-refractivity contribution in [2.45, 2.75) is 50.5 Å². The molecule has 1 aromatic carbocycles. The highest BCUT2D eigenvalue weighted by Gasteiger charge is 2.53. The number of hydrogen-bond acceptors (Lipinski definition) is 9. The zero-order chi connectivity index (χ0) is 29.8. The predicted octanol–water partition coefficient (Wildman–Crippen LogP) is 4.99. The Hall–Kier alpha value is -3.98. The second-order valence-corrected chi connectivity index (χ2v) is 11.2. The molecule has 3 fully saturated rings. The van der Waals surface area contributed by atoms with Crippen molar-refractivity contribution in [1.82, 2.24) is 14.9 Å². The minimum absolute atomic E-state index is 0.212.